The van der Waals surface area contributed by atoms with E-state index in [9.17, 15) is 0 Å². The monoisotopic (exact) mass is 732 g/mol. The molecule has 5 heteroatoms. The molecule has 8 aromatic carbocycles. The molecule has 11 aromatic rings. The average molecular weight is 733 g/mol. The van der Waals surface area contributed by atoms with Gasteiger partial charge in [0.15, 0.2) is 0 Å². The van der Waals surface area contributed by atoms with Crippen LogP contribution in [0.25, 0.3) is 91.4 Å². The number of nitrogens with zero attached hydrogens (tertiary/aromatic N) is 3. The van der Waals surface area contributed by atoms with Crippen LogP contribution >= 0.6 is 11.3 Å². The van der Waals surface area contributed by atoms with Crippen molar-refractivity contribution in [3.8, 4) is 11.3 Å². The molecule has 0 saturated heterocycles. The standard InChI is InChI=1S/C51H32N4S/c1-3-14-32(15-4-1)42-30-46(55-43-22-12-10-20-39(43)47-35-18-8-7-13-31(35)24-28-44(47)55)54-51(53-42)34-23-25-36-37-26-27-40-48(50(37)56-45(36)29-34)38-19-9-11-21-41(38)52-49(40)33-16-5-2-6-17-33/h1-30,51,53H. The molecule has 0 fully saturated rings. The van der Waals surface area contributed by atoms with Crippen LogP contribution in [0.15, 0.2) is 187 Å². The van der Waals surface area contributed by atoms with Gasteiger partial charge in [-0.25, -0.2) is 9.98 Å². The first kappa shape index (κ1) is 31.3. The Hall–Kier alpha value is -7.08. The second kappa shape index (κ2) is 12.2. The number of pyridine rings is 1. The molecule has 0 amide bonds. The van der Waals surface area contributed by atoms with E-state index < -0.39 is 0 Å². The molecule has 0 bridgehead atoms. The second-order valence-corrected chi connectivity index (χ2v) is 15.6. The van der Waals surface area contributed by atoms with Crippen LogP contribution in [0.1, 0.15) is 17.3 Å². The Morgan fingerprint density at radius 2 is 1.21 bits per heavy atom. The third-order valence-corrected chi connectivity index (χ3v) is 12.6. The number of fused-ring (bicyclic) bond motifs is 12. The average Bonchev–Trinajstić information content (AvgIpc) is 3.82. The van der Waals surface area contributed by atoms with Gasteiger partial charge in [-0.1, -0.05) is 152 Å². The maximum absolute atomic E-state index is 5.54. The Balaban J connectivity index is 1.07. The normalized spacial score (nSPS) is 14.6. The number of hydrogen-bond acceptors (Lipinski definition) is 4. The number of hydrogen-bond donors (Lipinski definition) is 1. The number of allylic oxidation sites excluding steroid dienone is 1. The summed E-state index contributed by atoms with van der Waals surface area (Å²) in [5.41, 5.74) is 8.74. The lowest BCUT2D eigenvalue weighted by Crippen LogP contribution is -2.27. The summed E-state index contributed by atoms with van der Waals surface area (Å²) < 4.78 is 4.88. The molecule has 1 unspecified atom stereocenters. The van der Waals surface area contributed by atoms with E-state index in [-0.39, 0.29) is 6.17 Å². The molecule has 1 N–H and O–H groups in total. The smallest absolute Gasteiger partial charge is 0.147 e. The SMILES string of the molecule is C1=C(c2ccccc2)NC(c2ccc3c(c2)sc2c3ccc3c(-c4ccccc4)nc4ccccc4c32)N=C1n1c2ccccc2c2c3ccccc3ccc21. The molecule has 0 saturated carbocycles. The van der Waals surface area contributed by atoms with Crippen LogP contribution in [-0.4, -0.2) is 15.4 Å². The van der Waals surface area contributed by atoms with Crippen LogP contribution in [0.2, 0.25) is 0 Å². The van der Waals surface area contributed by atoms with Gasteiger partial charge in [-0.2, -0.15) is 0 Å². The number of thiophene rings is 1. The maximum Gasteiger partial charge on any atom is 0.147 e. The van der Waals surface area contributed by atoms with E-state index in [2.05, 4.69) is 192 Å². The lowest BCUT2D eigenvalue weighted by atomic mass is 9.98. The van der Waals surface area contributed by atoms with E-state index in [4.69, 9.17) is 9.98 Å². The van der Waals surface area contributed by atoms with Crippen molar-refractivity contribution in [1.29, 1.82) is 0 Å². The lowest BCUT2D eigenvalue weighted by Gasteiger charge is -2.25. The predicted octanol–water partition coefficient (Wildman–Crippen LogP) is 13.3. The number of nitrogens with one attached hydrogen (secondary N) is 1. The van der Waals surface area contributed by atoms with Gasteiger partial charge in [-0.3, -0.25) is 4.57 Å². The fourth-order valence-electron chi connectivity index (χ4n) is 8.84. The number of aromatic nitrogens is 2. The predicted molar refractivity (Wildman–Crippen MR) is 238 cm³/mol. The van der Waals surface area contributed by atoms with Gasteiger partial charge in [0.2, 0.25) is 0 Å². The van der Waals surface area contributed by atoms with Crippen LogP contribution in [-0.2, 0) is 0 Å². The minimum atomic E-state index is -0.303. The van der Waals surface area contributed by atoms with E-state index in [1.807, 2.05) is 11.3 Å². The summed E-state index contributed by atoms with van der Waals surface area (Å²) in [6.07, 6.45) is 1.91. The zero-order chi connectivity index (χ0) is 36.7. The Labute approximate surface area is 326 Å². The van der Waals surface area contributed by atoms with E-state index in [1.54, 1.807) is 0 Å². The van der Waals surface area contributed by atoms with E-state index in [0.717, 1.165) is 50.5 Å². The molecule has 12 rings (SSSR count). The van der Waals surface area contributed by atoms with Crippen LogP contribution < -0.4 is 5.32 Å². The summed E-state index contributed by atoms with van der Waals surface area (Å²) in [6.45, 7) is 0. The summed E-state index contributed by atoms with van der Waals surface area (Å²) in [5.74, 6) is 0.906. The van der Waals surface area contributed by atoms with Crippen LogP contribution in [0.3, 0.4) is 0 Å². The fourth-order valence-corrected chi connectivity index (χ4v) is 10.2. The van der Waals surface area contributed by atoms with Gasteiger partial charge in [0.1, 0.15) is 12.0 Å². The minimum Gasteiger partial charge on any atom is -0.359 e. The molecule has 0 aliphatic carbocycles. The highest BCUT2D eigenvalue weighted by atomic mass is 32.1. The van der Waals surface area contributed by atoms with Crippen molar-refractivity contribution in [3.63, 3.8) is 0 Å². The number of aliphatic imine (C=N–C) groups is 1. The Kier molecular flexibility index (Phi) is 6.83. The van der Waals surface area contributed by atoms with E-state index in [0.29, 0.717) is 0 Å². The first-order chi connectivity index (χ1) is 27.8. The molecule has 0 radical (unpaired) electrons. The quantitative estimate of drug-likeness (QED) is 0.184. The maximum atomic E-state index is 5.54. The molecule has 1 aliphatic heterocycles. The van der Waals surface area contributed by atoms with Crippen molar-refractivity contribution >= 4 is 97.3 Å². The van der Waals surface area contributed by atoms with Gasteiger partial charge < -0.3 is 5.32 Å². The molecule has 262 valence electrons. The Morgan fingerprint density at radius 1 is 0.518 bits per heavy atom. The summed E-state index contributed by atoms with van der Waals surface area (Å²) in [4.78, 5) is 10.7. The van der Waals surface area contributed by atoms with Gasteiger partial charge in [0, 0.05) is 64.4 Å². The molecule has 56 heavy (non-hydrogen) atoms. The van der Waals surface area contributed by atoms with Gasteiger partial charge in [-0.15, -0.1) is 11.3 Å². The van der Waals surface area contributed by atoms with Crippen molar-refractivity contribution in [2.45, 2.75) is 6.17 Å². The molecule has 0 spiro atoms. The van der Waals surface area contributed by atoms with Crippen molar-refractivity contribution in [1.82, 2.24) is 14.9 Å². The van der Waals surface area contributed by atoms with Crippen LogP contribution in [0, 0.1) is 0 Å². The van der Waals surface area contributed by atoms with Gasteiger partial charge in [0.25, 0.3) is 0 Å². The topological polar surface area (TPSA) is 42.2 Å². The van der Waals surface area contributed by atoms with Gasteiger partial charge >= 0.3 is 0 Å². The van der Waals surface area contributed by atoms with Gasteiger partial charge in [-0.05, 0) is 46.2 Å². The highest BCUT2D eigenvalue weighted by Crippen LogP contribution is 2.44. The molecule has 3 aromatic heterocycles. The summed E-state index contributed by atoms with van der Waals surface area (Å²) in [6, 6.07) is 63.0. The van der Waals surface area contributed by atoms with Crippen molar-refractivity contribution in [2.24, 2.45) is 4.99 Å². The third kappa shape index (κ3) is 4.71. The summed E-state index contributed by atoms with van der Waals surface area (Å²) in [7, 11) is 0. The van der Waals surface area contributed by atoms with Crippen molar-refractivity contribution < 1.29 is 0 Å². The molecule has 1 atom stereocenters. The highest BCUT2D eigenvalue weighted by molar-refractivity contribution is 7.26. The number of rotatable bonds is 3. The van der Waals surface area contributed by atoms with Gasteiger partial charge in [0.05, 0.1) is 22.2 Å². The number of para-hydroxylation sites is 2. The molecular weight excluding hydrogens is 701 g/mol. The third-order valence-electron chi connectivity index (χ3n) is 11.4. The van der Waals surface area contributed by atoms with Crippen LogP contribution in [0.4, 0.5) is 0 Å². The summed E-state index contributed by atoms with van der Waals surface area (Å²) >= 11 is 1.86. The first-order valence-corrected chi connectivity index (χ1v) is 19.8. The lowest BCUT2D eigenvalue weighted by molar-refractivity contribution is 0.661. The Morgan fingerprint density at radius 3 is 2.07 bits per heavy atom. The highest BCUT2D eigenvalue weighted by Gasteiger charge is 2.24. The molecular formula is C51H32N4S. The fraction of sp³-hybridized carbons (Fsp3) is 0.0196. The van der Waals surface area contributed by atoms with E-state index >= 15 is 0 Å². The second-order valence-electron chi connectivity index (χ2n) is 14.6. The van der Waals surface area contributed by atoms with Crippen molar-refractivity contribution in [3.05, 3.63) is 193 Å². The van der Waals surface area contributed by atoms with Crippen LogP contribution in [0.5, 0.6) is 0 Å². The summed E-state index contributed by atoms with van der Waals surface area (Å²) in [5, 5.41) is 14.9. The molecule has 1 aliphatic rings. The largest absolute Gasteiger partial charge is 0.359 e. The zero-order valence-corrected chi connectivity index (χ0v) is 31.0. The van der Waals surface area contributed by atoms with E-state index in [1.165, 1.54) is 57.9 Å². The zero-order valence-electron chi connectivity index (χ0n) is 30.1. The molecule has 4 nitrogen and oxygen atoms in total. The first-order valence-electron chi connectivity index (χ1n) is 19.0. The minimum absolute atomic E-state index is 0.303. The number of benzene rings is 8. The van der Waals surface area contributed by atoms with Crippen molar-refractivity contribution in [2.75, 3.05) is 0 Å². The molecule has 4 heterocycles. The Bertz CT molecular complexity index is 3450.